The maximum absolute atomic E-state index is 13.7. The number of allylic oxidation sites excluding steroid dienone is 1. The molecule has 0 aromatic carbocycles. The maximum Gasteiger partial charge on any atom is 0.309 e. The summed E-state index contributed by atoms with van der Waals surface area (Å²) < 4.78 is 72.7. The van der Waals surface area contributed by atoms with Crippen molar-refractivity contribution in [3.8, 4) is 0 Å². The van der Waals surface area contributed by atoms with Gasteiger partial charge >= 0.3 is 5.97 Å². The van der Waals surface area contributed by atoms with Gasteiger partial charge in [-0.05, 0) is 69.8 Å². The van der Waals surface area contributed by atoms with Crippen molar-refractivity contribution in [2.75, 3.05) is 20.3 Å². The first-order valence-electron chi connectivity index (χ1n) is 23.8. The minimum atomic E-state index is -1.61. The molecular formula is C46H70O20. The van der Waals surface area contributed by atoms with Crippen molar-refractivity contribution in [2.24, 2.45) is 23.2 Å². The van der Waals surface area contributed by atoms with Gasteiger partial charge in [-0.2, -0.15) is 0 Å². The molecule has 2 aliphatic carbocycles. The summed E-state index contributed by atoms with van der Waals surface area (Å²) in [6.45, 7) is 8.94. The smallest absolute Gasteiger partial charge is 0.309 e. The highest BCUT2D eigenvalue weighted by Gasteiger charge is 2.59. The fraction of sp³-hybridized carbons (Fsp3) is 0.891. The predicted octanol–water partition coefficient (Wildman–Crippen LogP) is 0.174. The standard InChI is InChI=1S/C46H70O20/c1-19-40(64-34-13-27(49)41(20(2)59-34)65-35-14-30(55-6)42(21(3)60-35)66-44-39(53)38(52)37(51)31(16-47)63-44)26(48)12-33(58-19)61-29-11-23-8-9-24-25(45(23,4)15-28(29)50)10-7-22-17-56-46(5)36(22)32(18-57-46)62-43(24)54/h8,17,19-21,24-42,44,47-53H,7,9-16,18H2,1-6H3. The van der Waals surface area contributed by atoms with Crippen LogP contribution in [0.1, 0.15) is 86.0 Å². The average molecular weight is 943 g/mol. The molecule has 25 unspecified atom stereocenters. The Morgan fingerprint density at radius 3 is 2.03 bits per heavy atom. The quantitative estimate of drug-likeness (QED) is 0.114. The normalized spacial score (nSPS) is 52.9. The molecular weight excluding hydrogens is 872 g/mol. The van der Waals surface area contributed by atoms with Crippen LogP contribution in [0.25, 0.3) is 0 Å². The third-order valence-electron chi connectivity index (χ3n) is 16.1. The highest BCUT2D eigenvalue weighted by molar-refractivity contribution is 5.74. The molecule has 66 heavy (non-hydrogen) atoms. The minimum absolute atomic E-state index is 0.0196. The molecule has 0 amide bonds. The predicted molar refractivity (Wildman–Crippen MR) is 222 cm³/mol. The van der Waals surface area contributed by atoms with Gasteiger partial charge in [0.05, 0.1) is 80.1 Å². The molecule has 0 bridgehead atoms. The topological polar surface area (TPSA) is 269 Å². The fourth-order valence-corrected chi connectivity index (χ4v) is 12.4. The van der Waals surface area contributed by atoms with Gasteiger partial charge in [0.2, 0.25) is 5.79 Å². The number of esters is 1. The molecule has 1 saturated carbocycles. The molecule has 7 fully saturated rings. The summed E-state index contributed by atoms with van der Waals surface area (Å²) in [4.78, 5) is 13.7. The molecule has 7 N–H and O–H groups in total. The first-order valence-corrected chi connectivity index (χ1v) is 23.8. The van der Waals surface area contributed by atoms with Crippen LogP contribution in [0.2, 0.25) is 0 Å². The van der Waals surface area contributed by atoms with Crippen LogP contribution in [0.4, 0.5) is 0 Å². The van der Waals surface area contributed by atoms with Crippen molar-refractivity contribution in [2.45, 2.75) is 215 Å². The molecule has 7 aliphatic heterocycles. The molecule has 374 valence electrons. The van der Waals surface area contributed by atoms with Gasteiger partial charge in [0.15, 0.2) is 25.2 Å². The van der Waals surface area contributed by atoms with Crippen LogP contribution in [0.15, 0.2) is 23.5 Å². The van der Waals surface area contributed by atoms with Gasteiger partial charge in [0.25, 0.3) is 0 Å². The zero-order chi connectivity index (χ0) is 47.0. The summed E-state index contributed by atoms with van der Waals surface area (Å²) >= 11 is 0. The van der Waals surface area contributed by atoms with Crippen LogP contribution in [-0.2, 0) is 61.6 Å². The van der Waals surface area contributed by atoms with Crippen LogP contribution in [0.3, 0.4) is 0 Å². The van der Waals surface area contributed by atoms with E-state index in [1.54, 1.807) is 27.0 Å². The number of carbonyl (C=O) groups is 1. The molecule has 0 radical (unpaired) electrons. The van der Waals surface area contributed by atoms with Crippen LogP contribution in [0.5, 0.6) is 0 Å². The van der Waals surface area contributed by atoms with E-state index in [1.807, 2.05) is 6.92 Å². The zero-order valence-electron chi connectivity index (χ0n) is 38.4. The molecule has 0 spiro atoms. The second-order valence-electron chi connectivity index (χ2n) is 20.3. The van der Waals surface area contributed by atoms with Crippen molar-refractivity contribution in [3.63, 3.8) is 0 Å². The number of fused-ring (bicyclic) bond motifs is 3. The average Bonchev–Trinajstić information content (AvgIpc) is 3.79. The molecule has 6 saturated heterocycles. The summed E-state index contributed by atoms with van der Waals surface area (Å²) in [7, 11) is 1.47. The van der Waals surface area contributed by atoms with E-state index in [0.29, 0.717) is 25.9 Å². The Bertz CT molecular complexity index is 1760. The third-order valence-corrected chi connectivity index (χ3v) is 16.1. The fourth-order valence-electron chi connectivity index (χ4n) is 12.4. The van der Waals surface area contributed by atoms with E-state index in [-0.39, 0.29) is 43.0 Å². The maximum atomic E-state index is 13.7. The summed E-state index contributed by atoms with van der Waals surface area (Å²) in [5.74, 6) is -1.59. The van der Waals surface area contributed by atoms with Crippen LogP contribution in [0, 0.1) is 23.2 Å². The first kappa shape index (κ1) is 49.1. The van der Waals surface area contributed by atoms with Gasteiger partial charge in [-0.15, -0.1) is 0 Å². The van der Waals surface area contributed by atoms with Gasteiger partial charge in [-0.1, -0.05) is 18.6 Å². The Morgan fingerprint density at radius 2 is 1.39 bits per heavy atom. The molecule has 9 aliphatic rings. The zero-order valence-corrected chi connectivity index (χ0v) is 38.4. The lowest BCUT2D eigenvalue weighted by atomic mass is 9.55. The van der Waals surface area contributed by atoms with Gasteiger partial charge in [-0.25, -0.2) is 0 Å². The second-order valence-corrected chi connectivity index (χ2v) is 20.3. The number of ether oxygens (including phenoxy) is 12. The SMILES string of the molecule is COC1CC(OC2C(O)CC(OC3C(O)CC(OC4CC5=CCC6C(=O)OC7COC8(C)OC=C(CCC6C5(C)CC4O)C78)OC3C)OC2C)OC(C)C1OC1OC(CO)C(O)C(O)C1O. The van der Waals surface area contributed by atoms with E-state index in [0.717, 1.165) is 24.0 Å². The van der Waals surface area contributed by atoms with E-state index >= 15 is 0 Å². The van der Waals surface area contributed by atoms with Crippen molar-refractivity contribution < 1.29 is 97.4 Å². The Labute approximate surface area is 384 Å². The van der Waals surface area contributed by atoms with Gasteiger partial charge in [0, 0.05) is 33.3 Å². The van der Waals surface area contributed by atoms with E-state index < -0.39 is 141 Å². The van der Waals surface area contributed by atoms with Crippen molar-refractivity contribution >= 4 is 5.97 Å². The molecule has 7 heterocycles. The Morgan fingerprint density at radius 1 is 0.758 bits per heavy atom. The largest absolute Gasteiger partial charge is 0.469 e. The van der Waals surface area contributed by atoms with Crippen LogP contribution in [-0.4, -0.2) is 191 Å². The number of methoxy groups -OCH3 is 1. The Hall–Kier alpha value is -1.93. The molecule has 20 nitrogen and oxygen atoms in total. The van der Waals surface area contributed by atoms with E-state index in [4.69, 9.17) is 56.8 Å². The molecule has 9 rings (SSSR count). The monoisotopic (exact) mass is 942 g/mol. The van der Waals surface area contributed by atoms with Crippen molar-refractivity contribution in [3.05, 3.63) is 23.5 Å². The van der Waals surface area contributed by atoms with Gasteiger partial charge < -0.3 is 92.6 Å². The number of carbonyl (C=O) groups excluding carboxylic acids is 1. The molecule has 0 aromatic heterocycles. The highest BCUT2D eigenvalue weighted by Crippen LogP contribution is 2.57. The lowest BCUT2D eigenvalue weighted by Gasteiger charge is -2.52. The number of hydrogen-bond donors (Lipinski definition) is 7. The van der Waals surface area contributed by atoms with Crippen LogP contribution >= 0.6 is 0 Å². The molecule has 0 aromatic rings. The van der Waals surface area contributed by atoms with Crippen molar-refractivity contribution in [1.29, 1.82) is 0 Å². The van der Waals surface area contributed by atoms with E-state index in [1.165, 1.54) is 7.11 Å². The second kappa shape index (κ2) is 19.3. The highest BCUT2D eigenvalue weighted by atomic mass is 16.8. The minimum Gasteiger partial charge on any atom is -0.469 e. The summed E-state index contributed by atoms with van der Waals surface area (Å²) in [6, 6.07) is 0. The van der Waals surface area contributed by atoms with E-state index in [9.17, 15) is 40.5 Å². The molecule has 25 atom stereocenters. The summed E-state index contributed by atoms with van der Waals surface area (Å²) in [6.07, 6.45) is -11.8. The lowest BCUT2D eigenvalue weighted by molar-refractivity contribution is -0.356. The number of aliphatic hydroxyl groups excluding tert-OH is 7. The number of rotatable bonds is 10. The summed E-state index contributed by atoms with van der Waals surface area (Å²) in [5.41, 5.74) is 1.77. The van der Waals surface area contributed by atoms with Gasteiger partial charge in [0.1, 0.15) is 48.8 Å². The number of hydrogen-bond acceptors (Lipinski definition) is 20. The van der Waals surface area contributed by atoms with E-state index in [2.05, 4.69) is 13.0 Å². The Kier molecular flexibility index (Phi) is 14.4. The first-order chi connectivity index (χ1) is 31.4. The third kappa shape index (κ3) is 9.15. The summed E-state index contributed by atoms with van der Waals surface area (Å²) in [5, 5.41) is 74.9. The Balaban J connectivity index is 0.757. The number of aliphatic hydroxyl groups is 7. The van der Waals surface area contributed by atoms with Crippen LogP contribution < -0.4 is 0 Å². The van der Waals surface area contributed by atoms with Gasteiger partial charge in [-0.3, -0.25) is 4.79 Å². The van der Waals surface area contributed by atoms with Crippen molar-refractivity contribution in [1.82, 2.24) is 0 Å². The lowest BCUT2D eigenvalue weighted by Crippen LogP contribution is -2.62. The molecule has 20 heteroatoms.